The first-order chi connectivity index (χ1) is 13.7. The highest BCUT2D eigenvalue weighted by Gasteiger charge is 2.55. The Labute approximate surface area is 167 Å². The molecule has 0 aromatic heterocycles. The number of hydrogen-bond acceptors (Lipinski definition) is 3. The van der Waals surface area contributed by atoms with Gasteiger partial charge in [0.15, 0.2) is 0 Å². The Kier molecular flexibility index (Phi) is 4.56. The van der Waals surface area contributed by atoms with Gasteiger partial charge in [0.2, 0.25) is 5.91 Å². The first-order valence-electron chi connectivity index (χ1n) is 11.1. The molecule has 5 heteroatoms. The molecule has 3 aliphatic carbocycles. The van der Waals surface area contributed by atoms with Crippen LogP contribution in [0.25, 0.3) is 0 Å². The summed E-state index contributed by atoms with van der Waals surface area (Å²) in [5.41, 5.74) is 1.29. The quantitative estimate of drug-likeness (QED) is 0.778. The van der Waals surface area contributed by atoms with E-state index in [-0.39, 0.29) is 17.5 Å². The third-order valence-electron chi connectivity index (χ3n) is 7.63. The van der Waals surface area contributed by atoms with Crippen molar-refractivity contribution in [1.82, 2.24) is 10.2 Å². The second kappa shape index (κ2) is 7.09. The Hall–Kier alpha value is -2.04. The van der Waals surface area contributed by atoms with Gasteiger partial charge < -0.3 is 15.5 Å². The number of nitrogens with zero attached hydrogens (tertiary/aromatic N) is 1. The molecule has 2 amide bonds. The van der Waals surface area contributed by atoms with Crippen LogP contribution in [0.1, 0.15) is 68.1 Å². The monoisotopic (exact) mass is 381 g/mol. The zero-order chi connectivity index (χ0) is 19.1. The first-order valence-corrected chi connectivity index (χ1v) is 11.1. The zero-order valence-corrected chi connectivity index (χ0v) is 16.6. The van der Waals surface area contributed by atoms with Crippen LogP contribution in [0.15, 0.2) is 24.3 Å². The summed E-state index contributed by atoms with van der Waals surface area (Å²) in [6, 6.07) is 7.76. The van der Waals surface area contributed by atoms with Gasteiger partial charge in [-0.1, -0.05) is 31.4 Å². The molecule has 1 spiro atoms. The van der Waals surface area contributed by atoms with E-state index in [4.69, 9.17) is 0 Å². The van der Waals surface area contributed by atoms with Crippen LogP contribution in [-0.4, -0.2) is 35.5 Å². The molecule has 0 radical (unpaired) electrons. The molecule has 6 rings (SSSR count). The van der Waals surface area contributed by atoms with E-state index in [1.54, 1.807) is 0 Å². The molecule has 4 fully saturated rings. The molecule has 1 aromatic carbocycles. The van der Waals surface area contributed by atoms with E-state index >= 15 is 0 Å². The van der Waals surface area contributed by atoms with Crippen LogP contribution in [-0.2, 0) is 4.79 Å². The van der Waals surface area contributed by atoms with E-state index in [1.807, 2.05) is 24.3 Å². The fourth-order valence-corrected chi connectivity index (χ4v) is 6.15. The van der Waals surface area contributed by atoms with Crippen LogP contribution in [0.3, 0.4) is 0 Å². The highest BCUT2D eigenvalue weighted by Crippen LogP contribution is 2.52. The average molecular weight is 382 g/mol. The molecule has 2 aliphatic heterocycles. The number of carbonyl (C=O) groups is 2. The van der Waals surface area contributed by atoms with Gasteiger partial charge in [-0.05, 0) is 56.6 Å². The van der Waals surface area contributed by atoms with Crippen LogP contribution in [0.4, 0.5) is 5.69 Å². The Balaban J connectivity index is 1.34. The number of hydrogen-bond donors (Lipinski definition) is 2. The predicted octanol–water partition coefficient (Wildman–Crippen LogP) is 3.77. The van der Waals surface area contributed by atoms with E-state index in [0.29, 0.717) is 17.7 Å². The Bertz CT molecular complexity index is 771. The molecule has 4 atom stereocenters. The van der Waals surface area contributed by atoms with E-state index < -0.39 is 0 Å². The number of benzene rings is 1. The number of nitrogens with one attached hydrogen (secondary N) is 2. The summed E-state index contributed by atoms with van der Waals surface area (Å²) >= 11 is 0. The average Bonchev–Trinajstić information content (AvgIpc) is 2.67. The van der Waals surface area contributed by atoms with Crippen LogP contribution in [0.5, 0.6) is 0 Å². The van der Waals surface area contributed by atoms with Gasteiger partial charge in [-0.3, -0.25) is 9.59 Å². The largest absolute Gasteiger partial charge is 0.362 e. The normalized spacial score (nSPS) is 34.8. The second-order valence-corrected chi connectivity index (χ2v) is 9.27. The molecule has 150 valence electrons. The minimum atomic E-state index is -0.374. The lowest BCUT2D eigenvalue weighted by atomic mass is 9.58. The molecular weight excluding hydrogens is 350 g/mol. The Morgan fingerprint density at radius 3 is 2.50 bits per heavy atom. The topological polar surface area (TPSA) is 61.4 Å². The van der Waals surface area contributed by atoms with Crippen LogP contribution >= 0.6 is 0 Å². The lowest BCUT2D eigenvalue weighted by molar-refractivity contribution is -0.143. The van der Waals surface area contributed by atoms with Crippen molar-refractivity contribution in [2.24, 2.45) is 17.8 Å². The number of para-hydroxylation sites is 1. The standard InChI is InChI=1S/C23H31N3O2/c27-21-18-8-4-5-9-20(18)24-23(25-21)15-16-10-11-17(23)14-19(16)22(28)26-12-6-2-1-3-7-13-26/h4-5,8-9,16-17,19,24H,1-3,6-7,10-15H2,(H,25,27)/t16-,17-,19+,23-/m1/s1. The molecule has 5 aliphatic rings. The third kappa shape index (κ3) is 2.99. The lowest BCUT2D eigenvalue weighted by Crippen LogP contribution is -2.68. The second-order valence-electron chi connectivity index (χ2n) is 9.27. The highest BCUT2D eigenvalue weighted by molar-refractivity contribution is 6.02. The Morgan fingerprint density at radius 2 is 1.75 bits per heavy atom. The highest BCUT2D eigenvalue weighted by atomic mass is 16.2. The Morgan fingerprint density at radius 1 is 1.00 bits per heavy atom. The van der Waals surface area contributed by atoms with Crippen molar-refractivity contribution >= 4 is 17.5 Å². The smallest absolute Gasteiger partial charge is 0.255 e. The number of likely N-dealkylation sites (tertiary alicyclic amines) is 1. The van der Waals surface area contributed by atoms with Gasteiger partial charge in [-0.25, -0.2) is 0 Å². The summed E-state index contributed by atoms with van der Waals surface area (Å²) in [5, 5.41) is 6.98. The predicted molar refractivity (Wildman–Crippen MR) is 109 cm³/mol. The van der Waals surface area contributed by atoms with Crippen molar-refractivity contribution in [3.8, 4) is 0 Å². The van der Waals surface area contributed by atoms with E-state index in [1.165, 1.54) is 19.3 Å². The summed E-state index contributed by atoms with van der Waals surface area (Å²) in [6.45, 7) is 1.86. The van der Waals surface area contributed by atoms with Crippen molar-refractivity contribution < 1.29 is 9.59 Å². The minimum Gasteiger partial charge on any atom is -0.362 e. The maximum atomic E-state index is 13.4. The van der Waals surface area contributed by atoms with Crippen LogP contribution < -0.4 is 10.6 Å². The molecule has 28 heavy (non-hydrogen) atoms. The van der Waals surface area contributed by atoms with Crippen LogP contribution in [0, 0.1) is 17.8 Å². The van der Waals surface area contributed by atoms with E-state index in [0.717, 1.165) is 62.9 Å². The van der Waals surface area contributed by atoms with Crippen molar-refractivity contribution in [1.29, 1.82) is 0 Å². The fourth-order valence-electron chi connectivity index (χ4n) is 6.15. The summed E-state index contributed by atoms with van der Waals surface area (Å²) in [7, 11) is 0. The molecule has 5 nitrogen and oxygen atoms in total. The molecule has 2 heterocycles. The number of anilines is 1. The van der Waals surface area contributed by atoms with Gasteiger partial charge in [0.25, 0.3) is 5.91 Å². The van der Waals surface area contributed by atoms with Gasteiger partial charge >= 0.3 is 0 Å². The van der Waals surface area contributed by atoms with Crippen molar-refractivity contribution in [3.63, 3.8) is 0 Å². The van der Waals surface area contributed by atoms with Crippen molar-refractivity contribution in [3.05, 3.63) is 29.8 Å². The maximum absolute atomic E-state index is 13.4. The van der Waals surface area contributed by atoms with Gasteiger partial charge in [0.1, 0.15) is 5.66 Å². The number of amides is 2. The minimum absolute atomic E-state index is 0.0218. The molecule has 3 saturated carbocycles. The van der Waals surface area contributed by atoms with Gasteiger partial charge in [0.05, 0.1) is 5.56 Å². The zero-order valence-electron chi connectivity index (χ0n) is 16.6. The maximum Gasteiger partial charge on any atom is 0.255 e. The fraction of sp³-hybridized carbons (Fsp3) is 0.652. The SMILES string of the molecule is O=C1N[C@@]2(C[C@H]3CC[C@@H]2C[C@@H]3C(=O)N2CCCCCCC2)Nc2ccccc21. The third-order valence-corrected chi connectivity index (χ3v) is 7.63. The van der Waals surface area contributed by atoms with Gasteiger partial charge in [-0.2, -0.15) is 0 Å². The molecule has 2 bridgehead atoms. The molecule has 1 aromatic rings. The number of fused-ring (bicyclic) bond motifs is 3. The first kappa shape index (κ1) is 18.0. The van der Waals surface area contributed by atoms with E-state index in [9.17, 15) is 9.59 Å². The van der Waals surface area contributed by atoms with Gasteiger partial charge in [-0.15, -0.1) is 0 Å². The number of rotatable bonds is 1. The molecule has 2 N–H and O–H groups in total. The molecule has 0 unspecified atom stereocenters. The summed E-state index contributed by atoms with van der Waals surface area (Å²) in [4.78, 5) is 28.3. The van der Waals surface area contributed by atoms with Gasteiger partial charge in [0, 0.05) is 30.6 Å². The summed E-state index contributed by atoms with van der Waals surface area (Å²) < 4.78 is 0. The van der Waals surface area contributed by atoms with Crippen LogP contribution in [0.2, 0.25) is 0 Å². The van der Waals surface area contributed by atoms with Crippen molar-refractivity contribution in [2.75, 3.05) is 18.4 Å². The summed E-state index contributed by atoms with van der Waals surface area (Å²) in [6.07, 6.45) is 10.1. The number of carbonyl (C=O) groups excluding carboxylic acids is 2. The molecular formula is C23H31N3O2. The van der Waals surface area contributed by atoms with Crippen molar-refractivity contribution in [2.45, 2.75) is 63.5 Å². The molecule has 1 saturated heterocycles. The summed E-state index contributed by atoms with van der Waals surface area (Å²) in [5.74, 6) is 1.22. The lowest BCUT2D eigenvalue weighted by Gasteiger charge is -2.56. The van der Waals surface area contributed by atoms with E-state index in [2.05, 4.69) is 15.5 Å².